The van der Waals surface area contributed by atoms with Gasteiger partial charge in [0.05, 0.1) is 25.8 Å². The Kier molecular flexibility index (Phi) is 5.94. The van der Waals surface area contributed by atoms with Crippen molar-refractivity contribution in [2.24, 2.45) is 0 Å². The lowest BCUT2D eigenvalue weighted by atomic mass is 10.1. The Morgan fingerprint density at radius 2 is 1.81 bits per heavy atom. The summed E-state index contributed by atoms with van der Waals surface area (Å²) in [6, 6.07) is 16.7. The van der Waals surface area contributed by atoms with E-state index in [1.54, 1.807) is 13.3 Å². The van der Waals surface area contributed by atoms with Crippen molar-refractivity contribution in [1.82, 2.24) is 20.5 Å². The molecule has 1 aromatic heterocycles. The minimum Gasteiger partial charge on any atom is -0.497 e. The SMILES string of the molecule is COc1ccc(Nc2ncc(C(C)NC(=O)Cc3ccccc3)nn2)cc1. The molecule has 0 spiro atoms. The van der Waals surface area contributed by atoms with Gasteiger partial charge < -0.3 is 15.4 Å². The molecular weight excluding hydrogens is 342 g/mol. The summed E-state index contributed by atoms with van der Waals surface area (Å²) in [7, 11) is 1.62. The van der Waals surface area contributed by atoms with E-state index < -0.39 is 0 Å². The van der Waals surface area contributed by atoms with Gasteiger partial charge in [-0.05, 0) is 36.8 Å². The molecule has 3 aromatic rings. The Bertz CT molecular complexity index is 867. The van der Waals surface area contributed by atoms with Crippen molar-refractivity contribution in [2.45, 2.75) is 19.4 Å². The van der Waals surface area contributed by atoms with E-state index in [1.165, 1.54) is 0 Å². The van der Waals surface area contributed by atoms with Gasteiger partial charge in [0, 0.05) is 5.69 Å². The highest BCUT2D eigenvalue weighted by atomic mass is 16.5. The van der Waals surface area contributed by atoms with Crippen molar-refractivity contribution < 1.29 is 9.53 Å². The van der Waals surface area contributed by atoms with Crippen molar-refractivity contribution in [2.75, 3.05) is 12.4 Å². The molecule has 138 valence electrons. The Morgan fingerprint density at radius 1 is 1.07 bits per heavy atom. The highest BCUT2D eigenvalue weighted by molar-refractivity contribution is 5.78. The normalized spacial score (nSPS) is 11.5. The second-order valence-corrected chi connectivity index (χ2v) is 6.01. The second kappa shape index (κ2) is 8.75. The maximum Gasteiger partial charge on any atom is 0.247 e. The summed E-state index contributed by atoms with van der Waals surface area (Å²) in [6.45, 7) is 1.85. The van der Waals surface area contributed by atoms with Crippen LogP contribution in [0.4, 0.5) is 11.6 Å². The number of hydrogen-bond donors (Lipinski definition) is 2. The van der Waals surface area contributed by atoms with Crippen LogP contribution in [0.1, 0.15) is 24.2 Å². The molecule has 0 fully saturated rings. The zero-order chi connectivity index (χ0) is 19.1. The van der Waals surface area contributed by atoms with Crippen molar-refractivity contribution in [1.29, 1.82) is 0 Å². The third-order valence-corrected chi connectivity index (χ3v) is 3.95. The van der Waals surface area contributed by atoms with Gasteiger partial charge in [-0.1, -0.05) is 30.3 Å². The highest BCUT2D eigenvalue weighted by Gasteiger charge is 2.12. The molecule has 0 aliphatic heterocycles. The molecule has 0 saturated heterocycles. The fraction of sp³-hybridized carbons (Fsp3) is 0.200. The van der Waals surface area contributed by atoms with Crippen molar-refractivity contribution in [3.8, 4) is 5.75 Å². The van der Waals surface area contributed by atoms with Crippen LogP contribution >= 0.6 is 0 Å². The third-order valence-electron chi connectivity index (χ3n) is 3.95. The van der Waals surface area contributed by atoms with Crippen LogP contribution in [-0.4, -0.2) is 28.2 Å². The molecule has 7 heteroatoms. The van der Waals surface area contributed by atoms with Crippen LogP contribution in [0, 0.1) is 0 Å². The highest BCUT2D eigenvalue weighted by Crippen LogP contribution is 2.17. The average molecular weight is 363 g/mol. The van der Waals surface area contributed by atoms with Crippen molar-refractivity contribution in [3.63, 3.8) is 0 Å². The standard InChI is InChI=1S/C20H21N5O2/c1-14(22-19(26)12-15-6-4-3-5-7-15)18-13-21-20(25-24-18)23-16-8-10-17(27-2)11-9-16/h3-11,13-14H,12H2,1-2H3,(H,22,26)(H,21,23,25). The monoisotopic (exact) mass is 363 g/mol. The van der Waals surface area contributed by atoms with E-state index in [0.29, 0.717) is 18.1 Å². The maximum absolute atomic E-state index is 12.2. The van der Waals surface area contributed by atoms with E-state index >= 15 is 0 Å². The summed E-state index contributed by atoms with van der Waals surface area (Å²) in [4.78, 5) is 16.4. The van der Waals surface area contributed by atoms with E-state index in [0.717, 1.165) is 17.0 Å². The molecule has 3 rings (SSSR count). The van der Waals surface area contributed by atoms with Gasteiger partial charge in [0.2, 0.25) is 11.9 Å². The summed E-state index contributed by atoms with van der Waals surface area (Å²) in [6.07, 6.45) is 1.93. The molecule has 1 amide bonds. The molecule has 0 bridgehead atoms. The molecule has 2 aromatic carbocycles. The number of ether oxygens (including phenoxy) is 1. The van der Waals surface area contributed by atoms with Crippen molar-refractivity contribution in [3.05, 3.63) is 72.1 Å². The smallest absolute Gasteiger partial charge is 0.247 e. The van der Waals surface area contributed by atoms with Crippen LogP contribution < -0.4 is 15.4 Å². The number of aromatic nitrogens is 3. The number of anilines is 2. The largest absolute Gasteiger partial charge is 0.497 e. The number of nitrogens with one attached hydrogen (secondary N) is 2. The predicted molar refractivity (Wildman–Crippen MR) is 103 cm³/mol. The zero-order valence-electron chi connectivity index (χ0n) is 15.2. The summed E-state index contributed by atoms with van der Waals surface area (Å²) in [5.74, 6) is 1.08. The minimum absolute atomic E-state index is 0.0732. The molecule has 27 heavy (non-hydrogen) atoms. The molecule has 2 N–H and O–H groups in total. The van der Waals surface area contributed by atoms with Crippen LogP contribution in [0.3, 0.4) is 0 Å². The first kappa shape index (κ1) is 18.3. The van der Waals surface area contributed by atoms with Gasteiger partial charge in [0.15, 0.2) is 0 Å². The van der Waals surface area contributed by atoms with E-state index in [2.05, 4.69) is 25.8 Å². The van der Waals surface area contributed by atoms with Gasteiger partial charge in [-0.15, -0.1) is 10.2 Å². The van der Waals surface area contributed by atoms with Gasteiger partial charge in [-0.3, -0.25) is 4.79 Å². The van der Waals surface area contributed by atoms with Gasteiger partial charge in [0.1, 0.15) is 11.4 Å². The van der Waals surface area contributed by atoms with Crippen LogP contribution in [-0.2, 0) is 11.2 Å². The molecule has 1 heterocycles. The van der Waals surface area contributed by atoms with Crippen LogP contribution in [0.5, 0.6) is 5.75 Å². The fourth-order valence-corrected chi connectivity index (χ4v) is 2.49. The summed E-state index contributed by atoms with van der Waals surface area (Å²) in [5.41, 5.74) is 2.39. The van der Waals surface area contributed by atoms with E-state index in [4.69, 9.17) is 4.74 Å². The van der Waals surface area contributed by atoms with Gasteiger partial charge >= 0.3 is 0 Å². The molecule has 1 unspecified atom stereocenters. The predicted octanol–water partition coefficient (Wildman–Crippen LogP) is 3.04. The number of carbonyl (C=O) groups is 1. The molecule has 0 aliphatic rings. The molecule has 0 saturated carbocycles. The van der Waals surface area contributed by atoms with E-state index in [9.17, 15) is 4.79 Å². The third kappa shape index (κ3) is 5.24. The number of hydrogen-bond acceptors (Lipinski definition) is 6. The topological polar surface area (TPSA) is 89.0 Å². The number of nitrogens with zero attached hydrogens (tertiary/aromatic N) is 3. The maximum atomic E-state index is 12.2. The number of benzene rings is 2. The first-order valence-electron chi connectivity index (χ1n) is 8.58. The Morgan fingerprint density at radius 3 is 2.44 bits per heavy atom. The molecule has 0 aliphatic carbocycles. The number of rotatable bonds is 7. The lowest BCUT2D eigenvalue weighted by Crippen LogP contribution is -2.29. The first-order chi connectivity index (χ1) is 13.1. The van der Waals surface area contributed by atoms with Crippen LogP contribution in [0.25, 0.3) is 0 Å². The average Bonchev–Trinajstić information content (AvgIpc) is 2.70. The molecule has 1 atom stereocenters. The van der Waals surface area contributed by atoms with Gasteiger partial charge in [-0.25, -0.2) is 4.98 Å². The number of amides is 1. The first-order valence-corrected chi connectivity index (χ1v) is 8.58. The van der Waals surface area contributed by atoms with Crippen LogP contribution in [0.15, 0.2) is 60.8 Å². The molecule has 0 radical (unpaired) electrons. The Labute approximate surface area is 157 Å². The van der Waals surface area contributed by atoms with E-state index in [1.807, 2.05) is 61.5 Å². The minimum atomic E-state index is -0.281. The summed E-state index contributed by atoms with van der Waals surface area (Å²) >= 11 is 0. The quantitative estimate of drug-likeness (QED) is 0.671. The lowest BCUT2D eigenvalue weighted by molar-refractivity contribution is -0.121. The van der Waals surface area contributed by atoms with Gasteiger partial charge in [-0.2, -0.15) is 0 Å². The summed E-state index contributed by atoms with van der Waals surface area (Å²) in [5, 5.41) is 14.2. The molecule has 7 nitrogen and oxygen atoms in total. The fourth-order valence-electron chi connectivity index (χ4n) is 2.49. The van der Waals surface area contributed by atoms with Crippen molar-refractivity contribution >= 4 is 17.5 Å². The lowest BCUT2D eigenvalue weighted by Gasteiger charge is -2.13. The Hall–Kier alpha value is -3.48. The summed E-state index contributed by atoms with van der Waals surface area (Å²) < 4.78 is 5.12. The van der Waals surface area contributed by atoms with E-state index in [-0.39, 0.29) is 11.9 Å². The van der Waals surface area contributed by atoms with Crippen LogP contribution in [0.2, 0.25) is 0 Å². The second-order valence-electron chi connectivity index (χ2n) is 6.01. The van der Waals surface area contributed by atoms with Gasteiger partial charge in [0.25, 0.3) is 0 Å². The zero-order valence-corrected chi connectivity index (χ0v) is 15.2. The number of carbonyl (C=O) groups excluding carboxylic acids is 1. The Balaban J connectivity index is 1.56. The number of methoxy groups -OCH3 is 1. The molecular formula is C20H21N5O2.